The number of likely N-dealkylation sites (tertiary alicyclic amines) is 1. The normalized spacial score (nSPS) is 18.6. The lowest BCUT2D eigenvalue weighted by Gasteiger charge is -2.18. The number of carbonyl (C=O) groups excluding carboxylic acids is 2. The summed E-state index contributed by atoms with van der Waals surface area (Å²) in [7, 11) is 0. The van der Waals surface area contributed by atoms with Gasteiger partial charge in [0.1, 0.15) is 6.54 Å². The van der Waals surface area contributed by atoms with Crippen LogP contribution in [0.4, 0.5) is 24.5 Å². The molecule has 0 bridgehead atoms. The zero-order valence-corrected chi connectivity index (χ0v) is 11.9. The predicted molar refractivity (Wildman–Crippen MR) is 75.0 cm³/mol. The van der Waals surface area contributed by atoms with Gasteiger partial charge in [-0.2, -0.15) is 13.2 Å². The largest absolute Gasteiger partial charge is 0.406 e. The summed E-state index contributed by atoms with van der Waals surface area (Å²) in [6.07, 6.45) is -4.69. The summed E-state index contributed by atoms with van der Waals surface area (Å²) in [5.74, 6) is -1.94. The molecule has 0 aliphatic carbocycles. The van der Waals surface area contributed by atoms with E-state index in [1.54, 1.807) is 25.1 Å². The first kappa shape index (κ1) is 16.1. The highest BCUT2D eigenvalue weighted by atomic mass is 19.4. The van der Waals surface area contributed by atoms with Gasteiger partial charge in [-0.3, -0.25) is 9.59 Å². The summed E-state index contributed by atoms with van der Waals surface area (Å²) in [4.78, 5) is 24.4. The molecule has 1 aliphatic heterocycles. The molecule has 3 N–H and O–H groups in total. The van der Waals surface area contributed by atoms with Gasteiger partial charge in [0.2, 0.25) is 11.8 Å². The van der Waals surface area contributed by atoms with E-state index in [9.17, 15) is 22.8 Å². The SMILES string of the molecule is Cc1ccc(N)cc1NC(=O)C1CC(=O)N(CC(F)(F)F)C1. The number of amides is 2. The smallest absolute Gasteiger partial charge is 0.399 e. The molecule has 0 radical (unpaired) electrons. The Morgan fingerprint density at radius 3 is 2.77 bits per heavy atom. The second-order valence-corrected chi connectivity index (χ2v) is 5.35. The van der Waals surface area contributed by atoms with Crippen LogP contribution in [0.2, 0.25) is 0 Å². The van der Waals surface area contributed by atoms with Crippen LogP contribution in [-0.2, 0) is 9.59 Å². The van der Waals surface area contributed by atoms with Crippen LogP contribution in [0.5, 0.6) is 0 Å². The van der Waals surface area contributed by atoms with Crippen LogP contribution in [0.25, 0.3) is 0 Å². The number of anilines is 2. The quantitative estimate of drug-likeness (QED) is 0.837. The maximum atomic E-state index is 12.3. The maximum absolute atomic E-state index is 12.3. The van der Waals surface area contributed by atoms with Crippen molar-refractivity contribution in [1.29, 1.82) is 0 Å². The van der Waals surface area contributed by atoms with Gasteiger partial charge in [-0.1, -0.05) is 6.07 Å². The van der Waals surface area contributed by atoms with Crippen LogP contribution in [0.15, 0.2) is 18.2 Å². The van der Waals surface area contributed by atoms with Crippen LogP contribution in [0.1, 0.15) is 12.0 Å². The van der Waals surface area contributed by atoms with Crippen molar-refractivity contribution in [2.75, 3.05) is 24.1 Å². The Balaban J connectivity index is 2.02. The van der Waals surface area contributed by atoms with Gasteiger partial charge in [-0.05, 0) is 24.6 Å². The van der Waals surface area contributed by atoms with Crippen molar-refractivity contribution >= 4 is 23.2 Å². The Bertz CT molecular complexity index is 601. The van der Waals surface area contributed by atoms with Gasteiger partial charge < -0.3 is 16.0 Å². The zero-order chi connectivity index (χ0) is 16.5. The van der Waals surface area contributed by atoms with E-state index in [0.29, 0.717) is 16.3 Å². The highest BCUT2D eigenvalue weighted by Crippen LogP contribution is 2.26. The Labute approximate surface area is 125 Å². The summed E-state index contributed by atoms with van der Waals surface area (Å²) >= 11 is 0. The van der Waals surface area contributed by atoms with E-state index in [2.05, 4.69) is 5.32 Å². The fourth-order valence-electron chi connectivity index (χ4n) is 2.33. The van der Waals surface area contributed by atoms with E-state index in [0.717, 1.165) is 5.56 Å². The molecule has 22 heavy (non-hydrogen) atoms. The molecule has 120 valence electrons. The number of nitrogens with zero attached hydrogens (tertiary/aromatic N) is 1. The third-order valence-corrected chi connectivity index (χ3v) is 3.47. The Morgan fingerprint density at radius 2 is 2.14 bits per heavy atom. The van der Waals surface area contributed by atoms with Gasteiger partial charge in [-0.15, -0.1) is 0 Å². The number of hydrogen-bond acceptors (Lipinski definition) is 3. The number of carbonyl (C=O) groups is 2. The van der Waals surface area contributed by atoms with Gasteiger partial charge in [0.15, 0.2) is 0 Å². The van der Waals surface area contributed by atoms with Gasteiger partial charge in [0, 0.05) is 24.3 Å². The van der Waals surface area contributed by atoms with E-state index < -0.39 is 30.5 Å². The topological polar surface area (TPSA) is 75.4 Å². The summed E-state index contributed by atoms with van der Waals surface area (Å²) in [5, 5.41) is 2.62. The zero-order valence-electron chi connectivity index (χ0n) is 11.9. The number of rotatable bonds is 3. The monoisotopic (exact) mass is 315 g/mol. The number of halogens is 3. The molecular weight excluding hydrogens is 299 g/mol. The number of nitrogen functional groups attached to an aromatic ring is 1. The molecule has 1 aliphatic rings. The third kappa shape index (κ3) is 3.90. The molecule has 0 spiro atoms. The van der Waals surface area contributed by atoms with Crippen molar-refractivity contribution in [3.8, 4) is 0 Å². The summed E-state index contributed by atoms with van der Waals surface area (Å²) in [6.45, 7) is 0.212. The molecule has 2 rings (SSSR count). The molecule has 0 saturated carbocycles. The Kier molecular flexibility index (Phi) is 4.30. The van der Waals surface area contributed by atoms with Crippen molar-refractivity contribution < 1.29 is 22.8 Å². The summed E-state index contributed by atoms with van der Waals surface area (Å²) in [5.41, 5.74) is 7.36. The summed E-state index contributed by atoms with van der Waals surface area (Å²) in [6, 6.07) is 4.97. The lowest BCUT2D eigenvalue weighted by Crippen LogP contribution is -2.36. The Hall–Kier alpha value is -2.25. The molecule has 1 fully saturated rings. The highest BCUT2D eigenvalue weighted by molar-refractivity contribution is 5.98. The molecular formula is C14H16F3N3O2. The molecule has 8 heteroatoms. The minimum Gasteiger partial charge on any atom is -0.399 e. The van der Waals surface area contributed by atoms with Crippen LogP contribution in [-0.4, -0.2) is 36.0 Å². The number of nitrogens with two attached hydrogens (primary N) is 1. The van der Waals surface area contributed by atoms with Crippen molar-refractivity contribution in [3.63, 3.8) is 0 Å². The highest BCUT2D eigenvalue weighted by Gasteiger charge is 2.40. The van der Waals surface area contributed by atoms with Crippen molar-refractivity contribution in [2.45, 2.75) is 19.5 Å². The molecule has 2 amide bonds. The lowest BCUT2D eigenvalue weighted by molar-refractivity contribution is -0.157. The average Bonchev–Trinajstić information content (AvgIpc) is 2.73. The maximum Gasteiger partial charge on any atom is 0.406 e. The van der Waals surface area contributed by atoms with Crippen LogP contribution >= 0.6 is 0 Å². The first-order valence-corrected chi connectivity index (χ1v) is 6.67. The first-order chi connectivity index (χ1) is 10.2. The minimum absolute atomic E-state index is 0.219. The number of benzene rings is 1. The average molecular weight is 315 g/mol. The molecule has 5 nitrogen and oxygen atoms in total. The van der Waals surface area contributed by atoms with Crippen LogP contribution in [0.3, 0.4) is 0 Å². The number of alkyl halides is 3. The minimum atomic E-state index is -4.47. The van der Waals surface area contributed by atoms with Gasteiger partial charge in [0.25, 0.3) is 0 Å². The van der Waals surface area contributed by atoms with Gasteiger partial charge >= 0.3 is 6.18 Å². The summed E-state index contributed by atoms with van der Waals surface area (Å²) < 4.78 is 37.0. The van der Waals surface area contributed by atoms with Gasteiger partial charge in [-0.25, -0.2) is 0 Å². The van der Waals surface area contributed by atoms with E-state index in [1.165, 1.54) is 0 Å². The fourth-order valence-corrected chi connectivity index (χ4v) is 2.33. The number of aryl methyl sites for hydroxylation is 1. The van der Waals surface area contributed by atoms with Crippen molar-refractivity contribution in [3.05, 3.63) is 23.8 Å². The molecule has 1 heterocycles. The van der Waals surface area contributed by atoms with Gasteiger partial charge in [0.05, 0.1) is 5.92 Å². The molecule has 1 atom stereocenters. The second kappa shape index (κ2) is 5.86. The van der Waals surface area contributed by atoms with E-state index in [1.807, 2.05) is 0 Å². The van der Waals surface area contributed by atoms with Crippen molar-refractivity contribution in [1.82, 2.24) is 4.90 Å². The number of hydrogen-bond donors (Lipinski definition) is 2. The van der Waals surface area contributed by atoms with E-state index in [-0.39, 0.29) is 13.0 Å². The van der Waals surface area contributed by atoms with E-state index in [4.69, 9.17) is 5.73 Å². The molecule has 1 unspecified atom stereocenters. The molecule has 1 saturated heterocycles. The predicted octanol–water partition coefficient (Wildman–Crippen LogP) is 1.93. The van der Waals surface area contributed by atoms with Crippen LogP contribution < -0.4 is 11.1 Å². The number of nitrogens with one attached hydrogen (secondary N) is 1. The second-order valence-electron chi connectivity index (χ2n) is 5.35. The standard InChI is InChI=1S/C14H16F3N3O2/c1-8-2-3-10(18)5-11(8)19-13(22)9-4-12(21)20(6-9)7-14(15,16)17/h2-3,5,9H,4,6-7,18H2,1H3,(H,19,22). The third-order valence-electron chi connectivity index (χ3n) is 3.47. The molecule has 0 aromatic heterocycles. The van der Waals surface area contributed by atoms with Crippen LogP contribution in [0, 0.1) is 12.8 Å². The first-order valence-electron chi connectivity index (χ1n) is 6.67. The van der Waals surface area contributed by atoms with Crippen molar-refractivity contribution in [2.24, 2.45) is 5.92 Å². The fraction of sp³-hybridized carbons (Fsp3) is 0.429. The molecule has 1 aromatic carbocycles. The Morgan fingerprint density at radius 1 is 1.45 bits per heavy atom. The van der Waals surface area contributed by atoms with E-state index >= 15 is 0 Å². The molecule has 1 aromatic rings. The lowest BCUT2D eigenvalue weighted by atomic mass is 10.1.